The first-order chi connectivity index (χ1) is 41.0. The topological polar surface area (TPSA) is 78.9 Å². The van der Waals surface area contributed by atoms with Gasteiger partial charge in [0.2, 0.25) is 0 Å². The van der Waals surface area contributed by atoms with Gasteiger partial charge >= 0.3 is 17.9 Å². The van der Waals surface area contributed by atoms with Crippen molar-refractivity contribution in [3.8, 4) is 0 Å². The molecule has 0 spiro atoms. The average molecular weight is 1160 g/mol. The maximum Gasteiger partial charge on any atom is 0.306 e. The third-order valence-corrected chi connectivity index (χ3v) is 16.5. The second kappa shape index (κ2) is 71.6. The smallest absolute Gasteiger partial charge is 0.306 e. The number of esters is 3. The lowest BCUT2D eigenvalue weighted by molar-refractivity contribution is -0.167. The summed E-state index contributed by atoms with van der Waals surface area (Å²) in [7, 11) is 0. The summed E-state index contributed by atoms with van der Waals surface area (Å²) in [5.74, 6) is -0.859. The van der Waals surface area contributed by atoms with Crippen LogP contribution in [0.3, 0.4) is 0 Å². The van der Waals surface area contributed by atoms with Gasteiger partial charge in [-0.05, 0) is 109 Å². The Hall–Kier alpha value is -2.89. The molecule has 0 aromatic rings. The molecular formula is C77H140O6. The Morgan fingerprint density at radius 2 is 0.434 bits per heavy atom. The fraction of sp³-hybridized carbons (Fsp3) is 0.831. The van der Waals surface area contributed by atoms with Crippen molar-refractivity contribution in [1.82, 2.24) is 0 Å². The molecule has 1 unspecified atom stereocenters. The molecule has 484 valence electrons. The van der Waals surface area contributed by atoms with E-state index >= 15 is 0 Å². The quantitative estimate of drug-likeness (QED) is 0.0261. The van der Waals surface area contributed by atoms with Crippen molar-refractivity contribution in [2.24, 2.45) is 0 Å². The predicted octanol–water partition coefficient (Wildman–Crippen LogP) is 25.5. The van der Waals surface area contributed by atoms with E-state index in [0.717, 1.165) is 77.0 Å². The largest absolute Gasteiger partial charge is 0.462 e. The molecule has 0 rings (SSSR count). The summed E-state index contributed by atoms with van der Waals surface area (Å²) in [5, 5.41) is 0. The highest BCUT2D eigenvalue weighted by Crippen LogP contribution is 2.18. The van der Waals surface area contributed by atoms with Gasteiger partial charge in [0.25, 0.3) is 0 Å². The molecule has 0 N–H and O–H groups in total. The number of hydrogen-bond donors (Lipinski definition) is 0. The maximum absolute atomic E-state index is 13.0. The van der Waals surface area contributed by atoms with E-state index in [9.17, 15) is 14.4 Å². The van der Waals surface area contributed by atoms with E-state index in [4.69, 9.17) is 14.2 Å². The van der Waals surface area contributed by atoms with Crippen LogP contribution in [0, 0.1) is 0 Å². The fourth-order valence-electron chi connectivity index (χ4n) is 10.9. The van der Waals surface area contributed by atoms with Gasteiger partial charge in [-0.25, -0.2) is 0 Å². The molecule has 0 aliphatic carbocycles. The Morgan fingerprint density at radius 3 is 0.687 bits per heavy atom. The van der Waals surface area contributed by atoms with Crippen molar-refractivity contribution in [3.63, 3.8) is 0 Å². The molecule has 0 amide bonds. The second-order valence-electron chi connectivity index (χ2n) is 24.8. The predicted molar refractivity (Wildman–Crippen MR) is 362 cm³/mol. The maximum atomic E-state index is 13.0. The lowest BCUT2D eigenvalue weighted by atomic mass is 10.0. The van der Waals surface area contributed by atoms with Gasteiger partial charge in [0.05, 0.1) is 0 Å². The lowest BCUT2D eigenvalue weighted by Crippen LogP contribution is -2.30. The van der Waals surface area contributed by atoms with Crippen molar-refractivity contribution in [2.75, 3.05) is 13.2 Å². The third kappa shape index (κ3) is 69.8. The highest BCUT2D eigenvalue weighted by atomic mass is 16.6. The fourth-order valence-corrected chi connectivity index (χ4v) is 10.9. The minimum absolute atomic E-state index is 0.0735. The Balaban J connectivity index is 4.23. The van der Waals surface area contributed by atoms with Gasteiger partial charge in [0.15, 0.2) is 6.10 Å². The SMILES string of the molecule is CCCCCC/C=C\CCCCCCCC(=O)OCC(COC(=O)CCCCCCCCCCCCCCCCC/C=C\C/C=C\CCCCCCC)OC(=O)CCCCCCCCCCCCCCC/C=C\C/C=C\CCCCCCC. The molecule has 0 bridgehead atoms. The van der Waals surface area contributed by atoms with Crippen LogP contribution in [-0.2, 0) is 28.6 Å². The van der Waals surface area contributed by atoms with E-state index < -0.39 is 6.10 Å². The van der Waals surface area contributed by atoms with Crippen molar-refractivity contribution in [1.29, 1.82) is 0 Å². The second-order valence-corrected chi connectivity index (χ2v) is 24.8. The standard InChI is InChI=1S/C77H140O6/c1-4-7-10-13-16-19-22-25-27-29-31-33-35-37-38-40-41-43-45-47-49-52-55-58-61-64-67-70-76(79)82-73-74(72-81-75(78)69-66-63-60-57-54-51-24-21-18-15-12-9-6-3)83-77(80)71-68-65-62-59-56-53-50-48-46-44-42-39-36-34-32-30-28-26-23-20-17-14-11-8-5-2/h21-26,29-32,74H,4-20,27-28,33-73H2,1-3H3/b24-21-,25-22-,26-23-,31-29-,32-30-. The Kier molecular flexibility index (Phi) is 69.1. The van der Waals surface area contributed by atoms with E-state index in [1.165, 1.54) is 276 Å². The summed E-state index contributed by atoms with van der Waals surface area (Å²) in [6, 6.07) is 0. The van der Waals surface area contributed by atoms with Gasteiger partial charge in [-0.3, -0.25) is 14.4 Å². The van der Waals surface area contributed by atoms with Gasteiger partial charge in [-0.15, -0.1) is 0 Å². The first-order valence-electron chi connectivity index (χ1n) is 36.8. The van der Waals surface area contributed by atoms with Gasteiger partial charge in [0, 0.05) is 19.3 Å². The molecule has 0 heterocycles. The van der Waals surface area contributed by atoms with Crippen molar-refractivity contribution < 1.29 is 28.6 Å². The first-order valence-corrected chi connectivity index (χ1v) is 36.8. The molecule has 1 atom stereocenters. The molecule has 0 aromatic carbocycles. The molecular weight excluding hydrogens is 1020 g/mol. The minimum Gasteiger partial charge on any atom is -0.462 e. The summed E-state index contributed by atoms with van der Waals surface area (Å²) < 4.78 is 17.0. The molecule has 0 radical (unpaired) electrons. The monoisotopic (exact) mass is 1160 g/mol. The summed E-state index contributed by atoms with van der Waals surface area (Å²) >= 11 is 0. The van der Waals surface area contributed by atoms with Gasteiger partial charge in [-0.1, -0.05) is 326 Å². The summed E-state index contributed by atoms with van der Waals surface area (Å²) in [6.07, 6.45) is 92.6. The molecule has 83 heavy (non-hydrogen) atoms. The minimum atomic E-state index is -0.778. The van der Waals surface area contributed by atoms with E-state index in [2.05, 4.69) is 81.5 Å². The number of allylic oxidation sites excluding steroid dienone is 10. The number of carbonyl (C=O) groups excluding carboxylic acids is 3. The normalized spacial score (nSPS) is 12.4. The van der Waals surface area contributed by atoms with E-state index in [1.807, 2.05) is 0 Å². The Morgan fingerprint density at radius 1 is 0.241 bits per heavy atom. The van der Waals surface area contributed by atoms with E-state index in [1.54, 1.807) is 0 Å². The zero-order valence-corrected chi connectivity index (χ0v) is 55.7. The number of rotatable bonds is 68. The Bertz CT molecular complexity index is 1470. The Labute approximate surface area is 517 Å². The van der Waals surface area contributed by atoms with Crippen LogP contribution in [0.2, 0.25) is 0 Å². The van der Waals surface area contributed by atoms with Crippen LogP contribution < -0.4 is 0 Å². The molecule has 6 nitrogen and oxygen atoms in total. The number of ether oxygens (including phenoxy) is 3. The third-order valence-electron chi connectivity index (χ3n) is 16.5. The number of carbonyl (C=O) groups is 3. The molecule has 0 aliphatic heterocycles. The highest BCUT2D eigenvalue weighted by molar-refractivity contribution is 5.71. The molecule has 0 saturated heterocycles. The zero-order valence-electron chi connectivity index (χ0n) is 55.7. The van der Waals surface area contributed by atoms with Gasteiger partial charge in [-0.2, -0.15) is 0 Å². The summed E-state index contributed by atoms with van der Waals surface area (Å²) in [6.45, 7) is 6.66. The van der Waals surface area contributed by atoms with E-state index in [0.29, 0.717) is 19.3 Å². The van der Waals surface area contributed by atoms with Crippen LogP contribution in [0.1, 0.15) is 393 Å². The van der Waals surface area contributed by atoms with Crippen LogP contribution in [-0.4, -0.2) is 37.2 Å². The molecule has 0 fully saturated rings. The summed E-state index contributed by atoms with van der Waals surface area (Å²) in [4.78, 5) is 38.5. The van der Waals surface area contributed by atoms with Crippen LogP contribution in [0.15, 0.2) is 60.8 Å². The van der Waals surface area contributed by atoms with Crippen molar-refractivity contribution >= 4 is 17.9 Å². The van der Waals surface area contributed by atoms with Crippen molar-refractivity contribution in [3.05, 3.63) is 60.8 Å². The first kappa shape index (κ1) is 80.1. The van der Waals surface area contributed by atoms with Crippen molar-refractivity contribution in [2.45, 2.75) is 399 Å². The van der Waals surface area contributed by atoms with Crippen LogP contribution in [0.5, 0.6) is 0 Å². The molecule has 0 aliphatic rings. The van der Waals surface area contributed by atoms with Crippen LogP contribution >= 0.6 is 0 Å². The average Bonchev–Trinajstić information content (AvgIpc) is 3.49. The van der Waals surface area contributed by atoms with Crippen LogP contribution in [0.4, 0.5) is 0 Å². The van der Waals surface area contributed by atoms with Gasteiger partial charge in [0.1, 0.15) is 13.2 Å². The molecule has 0 saturated carbocycles. The number of unbranched alkanes of at least 4 members (excludes halogenated alkanes) is 47. The van der Waals surface area contributed by atoms with Gasteiger partial charge < -0.3 is 14.2 Å². The number of hydrogen-bond acceptors (Lipinski definition) is 6. The van der Waals surface area contributed by atoms with Crippen LogP contribution in [0.25, 0.3) is 0 Å². The highest BCUT2D eigenvalue weighted by Gasteiger charge is 2.19. The zero-order chi connectivity index (χ0) is 59.9. The summed E-state index contributed by atoms with van der Waals surface area (Å²) in [5.41, 5.74) is 0. The lowest BCUT2D eigenvalue weighted by Gasteiger charge is -2.18. The molecule has 0 aromatic heterocycles. The van der Waals surface area contributed by atoms with E-state index in [-0.39, 0.29) is 31.1 Å². The molecule has 6 heteroatoms.